The average Bonchev–Trinajstić information content (AvgIpc) is 2.60. The van der Waals surface area contributed by atoms with E-state index in [2.05, 4.69) is 10.6 Å². The van der Waals surface area contributed by atoms with Gasteiger partial charge in [0.15, 0.2) is 0 Å². The van der Waals surface area contributed by atoms with E-state index >= 15 is 0 Å². The lowest BCUT2D eigenvalue weighted by Gasteiger charge is -2.22. The van der Waals surface area contributed by atoms with Crippen LogP contribution < -0.4 is 16.4 Å². The summed E-state index contributed by atoms with van der Waals surface area (Å²) in [4.78, 5) is 36.1. The van der Waals surface area contributed by atoms with Gasteiger partial charge in [0, 0.05) is 11.3 Å². The van der Waals surface area contributed by atoms with Gasteiger partial charge in [-0.2, -0.15) is 0 Å². The van der Waals surface area contributed by atoms with Crippen LogP contribution in [0.5, 0.6) is 0 Å². The number of benzene rings is 2. The highest BCUT2D eigenvalue weighted by Gasteiger charge is 2.24. The summed E-state index contributed by atoms with van der Waals surface area (Å²) in [6.07, 6.45) is 0.148. The Kier molecular flexibility index (Phi) is 6.71. The Hall–Kier alpha value is -3.15. The Morgan fingerprint density at radius 1 is 1.04 bits per heavy atom. The first-order valence-corrected chi connectivity index (χ1v) is 8.82. The number of hydrogen-bond acceptors (Lipinski definition) is 3. The molecule has 1 atom stereocenters. The van der Waals surface area contributed by atoms with E-state index in [0.29, 0.717) is 11.3 Å². The van der Waals surface area contributed by atoms with Gasteiger partial charge < -0.3 is 16.4 Å². The normalized spacial score (nSPS) is 11.7. The highest BCUT2D eigenvalue weighted by Crippen LogP contribution is 2.13. The van der Waals surface area contributed by atoms with Crippen LogP contribution in [0.3, 0.4) is 0 Å². The third kappa shape index (κ3) is 5.95. The fraction of sp³-hybridized carbons (Fsp3) is 0.286. The first-order chi connectivity index (χ1) is 12.8. The molecule has 142 valence electrons. The minimum atomic E-state index is -0.677. The van der Waals surface area contributed by atoms with Gasteiger partial charge in [0.25, 0.3) is 5.91 Å². The summed E-state index contributed by atoms with van der Waals surface area (Å²) in [5, 5.41) is 5.61. The summed E-state index contributed by atoms with van der Waals surface area (Å²) in [5.41, 5.74) is 8.02. The quantitative estimate of drug-likeness (QED) is 0.700. The Morgan fingerprint density at radius 2 is 1.70 bits per heavy atom. The second-order valence-electron chi connectivity index (χ2n) is 6.89. The zero-order valence-corrected chi connectivity index (χ0v) is 15.8. The third-order valence-corrected chi connectivity index (χ3v) is 4.12. The molecule has 0 aliphatic heterocycles. The third-order valence-electron chi connectivity index (χ3n) is 4.12. The summed E-state index contributed by atoms with van der Waals surface area (Å²) in [7, 11) is 0. The molecule has 6 nitrogen and oxygen atoms in total. The second kappa shape index (κ2) is 8.98. The molecule has 0 aliphatic rings. The van der Waals surface area contributed by atoms with Crippen LogP contribution in [0.15, 0.2) is 48.5 Å². The molecule has 6 heteroatoms. The van der Waals surface area contributed by atoms with E-state index in [4.69, 9.17) is 5.73 Å². The number of aryl methyl sites for hydroxylation is 1. The lowest BCUT2D eigenvalue weighted by molar-refractivity contribution is -0.119. The molecule has 0 bridgehead atoms. The molecule has 0 saturated heterocycles. The van der Waals surface area contributed by atoms with Crippen LogP contribution >= 0.6 is 0 Å². The Labute approximate surface area is 159 Å². The fourth-order valence-electron chi connectivity index (χ4n) is 2.67. The summed E-state index contributed by atoms with van der Waals surface area (Å²) in [6, 6.07) is 13.4. The van der Waals surface area contributed by atoms with Gasteiger partial charge in [-0.3, -0.25) is 14.4 Å². The van der Waals surface area contributed by atoms with Crippen molar-refractivity contribution in [2.75, 3.05) is 5.32 Å². The van der Waals surface area contributed by atoms with Crippen molar-refractivity contribution in [1.82, 2.24) is 5.32 Å². The van der Waals surface area contributed by atoms with Gasteiger partial charge >= 0.3 is 0 Å². The Balaban J connectivity index is 2.06. The Bertz CT molecular complexity index is 829. The SMILES string of the molecule is Cc1cccc(C(=O)NC(C(=O)Nc2ccc(CC(N)=O)cc2)C(C)C)c1. The van der Waals surface area contributed by atoms with Gasteiger partial charge in [-0.15, -0.1) is 0 Å². The first kappa shape index (κ1) is 20.2. The second-order valence-corrected chi connectivity index (χ2v) is 6.89. The summed E-state index contributed by atoms with van der Waals surface area (Å²) >= 11 is 0. The fourth-order valence-corrected chi connectivity index (χ4v) is 2.67. The van der Waals surface area contributed by atoms with Crippen LogP contribution in [0.4, 0.5) is 5.69 Å². The minimum absolute atomic E-state index is 0.0899. The van der Waals surface area contributed by atoms with E-state index < -0.39 is 11.9 Å². The van der Waals surface area contributed by atoms with E-state index in [0.717, 1.165) is 11.1 Å². The molecule has 0 fully saturated rings. The van der Waals surface area contributed by atoms with E-state index in [-0.39, 0.29) is 24.2 Å². The van der Waals surface area contributed by atoms with Gasteiger partial charge in [0.05, 0.1) is 6.42 Å². The number of hydrogen-bond donors (Lipinski definition) is 3. The zero-order valence-electron chi connectivity index (χ0n) is 15.8. The van der Waals surface area contributed by atoms with Gasteiger partial charge in [0.2, 0.25) is 11.8 Å². The number of amides is 3. The number of nitrogens with two attached hydrogens (primary N) is 1. The van der Waals surface area contributed by atoms with Gasteiger partial charge in [-0.25, -0.2) is 0 Å². The maximum Gasteiger partial charge on any atom is 0.251 e. The van der Waals surface area contributed by atoms with E-state index in [9.17, 15) is 14.4 Å². The molecule has 0 aliphatic carbocycles. The van der Waals surface area contributed by atoms with Crippen molar-refractivity contribution in [2.45, 2.75) is 33.2 Å². The van der Waals surface area contributed by atoms with E-state index in [1.165, 1.54) is 0 Å². The largest absolute Gasteiger partial charge is 0.369 e. The van der Waals surface area contributed by atoms with Crippen molar-refractivity contribution in [3.05, 3.63) is 65.2 Å². The highest BCUT2D eigenvalue weighted by atomic mass is 16.2. The highest BCUT2D eigenvalue weighted by molar-refractivity contribution is 6.01. The number of rotatable bonds is 7. The molecule has 0 spiro atoms. The molecule has 2 aromatic rings. The molecule has 0 saturated carbocycles. The number of nitrogens with one attached hydrogen (secondary N) is 2. The van der Waals surface area contributed by atoms with Crippen LogP contribution in [-0.4, -0.2) is 23.8 Å². The predicted octanol–water partition coefficient (Wildman–Crippen LogP) is 2.42. The maximum atomic E-state index is 12.7. The van der Waals surface area contributed by atoms with Gasteiger partial charge in [-0.1, -0.05) is 43.7 Å². The van der Waals surface area contributed by atoms with Crippen LogP contribution in [0.1, 0.15) is 35.3 Å². The topological polar surface area (TPSA) is 101 Å². The molecule has 0 heterocycles. The number of anilines is 1. The first-order valence-electron chi connectivity index (χ1n) is 8.82. The van der Waals surface area contributed by atoms with Crippen molar-refractivity contribution in [3.8, 4) is 0 Å². The van der Waals surface area contributed by atoms with E-state index in [1.54, 1.807) is 36.4 Å². The van der Waals surface area contributed by atoms with Crippen LogP contribution in [0, 0.1) is 12.8 Å². The Morgan fingerprint density at radius 3 is 2.26 bits per heavy atom. The van der Waals surface area contributed by atoms with Crippen molar-refractivity contribution in [2.24, 2.45) is 11.7 Å². The van der Waals surface area contributed by atoms with Crippen molar-refractivity contribution in [1.29, 1.82) is 0 Å². The molecule has 3 amide bonds. The lowest BCUT2D eigenvalue weighted by atomic mass is 10.0. The number of primary amides is 1. The van der Waals surface area contributed by atoms with Crippen molar-refractivity contribution < 1.29 is 14.4 Å². The minimum Gasteiger partial charge on any atom is -0.369 e. The lowest BCUT2D eigenvalue weighted by Crippen LogP contribution is -2.47. The van der Waals surface area contributed by atoms with Crippen LogP contribution in [0.2, 0.25) is 0 Å². The standard InChI is InChI=1S/C21H25N3O3/c1-13(2)19(24-20(26)16-6-4-5-14(3)11-16)21(27)23-17-9-7-15(8-10-17)12-18(22)25/h4-11,13,19H,12H2,1-3H3,(H2,22,25)(H,23,27)(H,24,26). The van der Waals surface area contributed by atoms with Crippen LogP contribution in [-0.2, 0) is 16.0 Å². The summed E-state index contributed by atoms with van der Waals surface area (Å²) < 4.78 is 0. The zero-order chi connectivity index (χ0) is 20.0. The molecular formula is C21H25N3O3. The monoisotopic (exact) mass is 367 g/mol. The van der Waals surface area contributed by atoms with Gasteiger partial charge in [-0.05, 0) is 42.7 Å². The molecule has 1 unspecified atom stereocenters. The summed E-state index contributed by atoms with van der Waals surface area (Å²) in [5.74, 6) is -1.09. The molecular weight excluding hydrogens is 342 g/mol. The van der Waals surface area contributed by atoms with Gasteiger partial charge in [0.1, 0.15) is 6.04 Å². The maximum absolute atomic E-state index is 12.7. The van der Waals surface area contributed by atoms with Crippen LogP contribution in [0.25, 0.3) is 0 Å². The molecule has 0 aromatic heterocycles. The predicted molar refractivity (Wildman–Crippen MR) is 105 cm³/mol. The molecule has 0 radical (unpaired) electrons. The molecule has 2 rings (SSSR count). The molecule has 2 aromatic carbocycles. The summed E-state index contributed by atoms with van der Waals surface area (Å²) in [6.45, 7) is 5.65. The van der Waals surface area contributed by atoms with Crippen molar-refractivity contribution in [3.63, 3.8) is 0 Å². The smallest absolute Gasteiger partial charge is 0.251 e. The van der Waals surface area contributed by atoms with E-state index in [1.807, 2.05) is 32.9 Å². The molecule has 27 heavy (non-hydrogen) atoms. The average molecular weight is 367 g/mol. The molecule has 4 N–H and O–H groups in total. The number of carbonyl (C=O) groups is 3. The van der Waals surface area contributed by atoms with Crippen molar-refractivity contribution >= 4 is 23.4 Å². The number of carbonyl (C=O) groups excluding carboxylic acids is 3.